The number of nitrogens with one attached hydrogen (secondary N) is 1. The summed E-state index contributed by atoms with van der Waals surface area (Å²) in [6.07, 6.45) is 0. The number of hydrogen-bond acceptors (Lipinski definition) is 3. The minimum atomic E-state index is 0.284. The van der Waals surface area contributed by atoms with E-state index in [0.29, 0.717) is 6.54 Å². The third kappa shape index (κ3) is 2.43. The molecule has 1 aromatic carbocycles. The fourth-order valence-electron chi connectivity index (χ4n) is 0.972. The van der Waals surface area contributed by atoms with Gasteiger partial charge in [-0.05, 0) is 25.1 Å². The molecule has 66 valence electrons. The number of rotatable bonds is 3. The minimum Gasteiger partial charge on any atom is -0.399 e. The van der Waals surface area contributed by atoms with Crippen LogP contribution in [0, 0.1) is 0 Å². The largest absolute Gasteiger partial charge is 0.399 e. The van der Waals surface area contributed by atoms with E-state index in [0.717, 1.165) is 11.4 Å². The minimum absolute atomic E-state index is 0.284. The fraction of sp³-hybridized carbons (Fsp3) is 0.333. The number of nitrogen functional groups attached to an aromatic ring is 1. The maximum absolute atomic E-state index is 5.60. The van der Waals surface area contributed by atoms with Crippen LogP contribution >= 0.6 is 0 Å². The first-order chi connectivity index (χ1) is 5.72. The molecule has 0 amide bonds. The van der Waals surface area contributed by atoms with Crippen molar-refractivity contribution in [3.63, 3.8) is 0 Å². The van der Waals surface area contributed by atoms with E-state index >= 15 is 0 Å². The fourth-order valence-corrected chi connectivity index (χ4v) is 0.972. The molecule has 1 unspecified atom stereocenters. The summed E-state index contributed by atoms with van der Waals surface area (Å²) in [6.45, 7) is 2.65. The normalized spacial score (nSPS) is 12.5. The molecule has 1 atom stereocenters. The van der Waals surface area contributed by atoms with Crippen molar-refractivity contribution in [1.82, 2.24) is 0 Å². The van der Waals surface area contributed by atoms with Crippen molar-refractivity contribution in [2.45, 2.75) is 13.0 Å². The van der Waals surface area contributed by atoms with Crippen LogP contribution in [0.4, 0.5) is 11.4 Å². The molecule has 1 aromatic rings. The zero-order valence-electron chi connectivity index (χ0n) is 7.25. The van der Waals surface area contributed by atoms with Crippen LogP contribution in [0.1, 0.15) is 6.92 Å². The van der Waals surface area contributed by atoms with E-state index < -0.39 is 0 Å². The van der Waals surface area contributed by atoms with Crippen molar-refractivity contribution in [1.29, 1.82) is 0 Å². The molecule has 0 fully saturated rings. The second kappa shape index (κ2) is 3.97. The summed E-state index contributed by atoms with van der Waals surface area (Å²) in [5.74, 6) is 0. The Bertz CT molecular complexity index is 247. The van der Waals surface area contributed by atoms with Gasteiger partial charge in [0.05, 0.1) is 0 Å². The molecular weight excluding hydrogens is 150 g/mol. The van der Waals surface area contributed by atoms with Gasteiger partial charge in [0.15, 0.2) is 0 Å². The highest BCUT2D eigenvalue weighted by Gasteiger charge is 1.97. The predicted octanol–water partition coefficient (Wildman–Crippen LogP) is 1.03. The SMILES string of the molecule is CC(CN)Nc1cccc(N)c1. The number of benzene rings is 1. The van der Waals surface area contributed by atoms with Gasteiger partial charge in [-0.2, -0.15) is 0 Å². The van der Waals surface area contributed by atoms with E-state index in [2.05, 4.69) is 5.32 Å². The molecule has 3 heteroatoms. The lowest BCUT2D eigenvalue weighted by Gasteiger charge is -2.12. The Morgan fingerprint density at radius 1 is 1.50 bits per heavy atom. The molecular formula is C9H15N3. The smallest absolute Gasteiger partial charge is 0.0363 e. The molecule has 3 nitrogen and oxygen atoms in total. The van der Waals surface area contributed by atoms with Gasteiger partial charge in [0.25, 0.3) is 0 Å². The summed E-state index contributed by atoms with van der Waals surface area (Å²) in [4.78, 5) is 0. The lowest BCUT2D eigenvalue weighted by molar-refractivity contribution is 0.804. The van der Waals surface area contributed by atoms with Gasteiger partial charge in [0, 0.05) is 24.0 Å². The van der Waals surface area contributed by atoms with Gasteiger partial charge in [-0.1, -0.05) is 6.07 Å². The van der Waals surface area contributed by atoms with Crippen molar-refractivity contribution in [2.24, 2.45) is 5.73 Å². The lowest BCUT2D eigenvalue weighted by Crippen LogP contribution is -2.25. The Morgan fingerprint density at radius 3 is 2.83 bits per heavy atom. The molecule has 12 heavy (non-hydrogen) atoms. The van der Waals surface area contributed by atoms with E-state index in [4.69, 9.17) is 11.5 Å². The first-order valence-electron chi connectivity index (χ1n) is 4.04. The summed E-state index contributed by atoms with van der Waals surface area (Å²) in [7, 11) is 0. The quantitative estimate of drug-likeness (QED) is 0.586. The predicted molar refractivity (Wildman–Crippen MR) is 53.0 cm³/mol. The highest BCUT2D eigenvalue weighted by atomic mass is 14.9. The second-order valence-electron chi connectivity index (χ2n) is 2.91. The molecule has 1 rings (SSSR count). The molecule has 0 saturated heterocycles. The van der Waals surface area contributed by atoms with Gasteiger partial charge in [-0.15, -0.1) is 0 Å². The van der Waals surface area contributed by atoms with Crippen LogP contribution in [-0.4, -0.2) is 12.6 Å². The van der Waals surface area contributed by atoms with Crippen molar-refractivity contribution in [2.75, 3.05) is 17.6 Å². The highest BCUT2D eigenvalue weighted by Crippen LogP contribution is 2.12. The van der Waals surface area contributed by atoms with Gasteiger partial charge in [0.2, 0.25) is 0 Å². The van der Waals surface area contributed by atoms with E-state index in [1.54, 1.807) is 0 Å². The summed E-state index contributed by atoms with van der Waals surface area (Å²) >= 11 is 0. The van der Waals surface area contributed by atoms with E-state index in [1.807, 2.05) is 31.2 Å². The third-order valence-corrected chi connectivity index (χ3v) is 1.65. The molecule has 5 N–H and O–H groups in total. The zero-order valence-corrected chi connectivity index (χ0v) is 7.25. The zero-order chi connectivity index (χ0) is 8.97. The third-order valence-electron chi connectivity index (χ3n) is 1.65. The molecule has 0 spiro atoms. The summed E-state index contributed by atoms with van der Waals surface area (Å²) in [5.41, 5.74) is 12.9. The van der Waals surface area contributed by atoms with Crippen LogP contribution in [0.2, 0.25) is 0 Å². The van der Waals surface area contributed by atoms with Crippen molar-refractivity contribution < 1.29 is 0 Å². The van der Waals surface area contributed by atoms with Crippen molar-refractivity contribution in [3.05, 3.63) is 24.3 Å². The monoisotopic (exact) mass is 165 g/mol. The number of hydrogen-bond donors (Lipinski definition) is 3. The molecule has 0 aromatic heterocycles. The summed E-state index contributed by atoms with van der Waals surface area (Å²) < 4.78 is 0. The first-order valence-corrected chi connectivity index (χ1v) is 4.04. The van der Waals surface area contributed by atoms with Gasteiger partial charge in [0.1, 0.15) is 0 Å². The van der Waals surface area contributed by atoms with Gasteiger partial charge < -0.3 is 16.8 Å². The van der Waals surface area contributed by atoms with Crippen molar-refractivity contribution in [3.8, 4) is 0 Å². The maximum Gasteiger partial charge on any atom is 0.0363 e. The van der Waals surface area contributed by atoms with Crippen LogP contribution in [-0.2, 0) is 0 Å². The van der Waals surface area contributed by atoms with Gasteiger partial charge in [-0.25, -0.2) is 0 Å². The van der Waals surface area contributed by atoms with Crippen LogP contribution in [0.5, 0.6) is 0 Å². The van der Waals surface area contributed by atoms with E-state index in [1.165, 1.54) is 0 Å². The Morgan fingerprint density at radius 2 is 2.25 bits per heavy atom. The van der Waals surface area contributed by atoms with Gasteiger partial charge in [-0.3, -0.25) is 0 Å². The maximum atomic E-state index is 5.60. The Balaban J connectivity index is 2.63. The van der Waals surface area contributed by atoms with Crippen molar-refractivity contribution >= 4 is 11.4 Å². The van der Waals surface area contributed by atoms with Crippen LogP contribution in [0.25, 0.3) is 0 Å². The standard InChI is InChI=1S/C9H15N3/c1-7(6-10)12-9-4-2-3-8(11)5-9/h2-5,7,12H,6,10-11H2,1H3. The second-order valence-corrected chi connectivity index (χ2v) is 2.91. The molecule has 0 aliphatic rings. The number of nitrogens with two attached hydrogens (primary N) is 2. The Kier molecular flexibility index (Phi) is 2.94. The average Bonchev–Trinajstić information content (AvgIpc) is 2.04. The van der Waals surface area contributed by atoms with E-state index in [9.17, 15) is 0 Å². The van der Waals surface area contributed by atoms with Gasteiger partial charge >= 0.3 is 0 Å². The summed E-state index contributed by atoms with van der Waals surface area (Å²) in [5, 5.41) is 3.23. The number of anilines is 2. The summed E-state index contributed by atoms with van der Waals surface area (Å²) in [6, 6.07) is 7.93. The Hall–Kier alpha value is -1.22. The molecule has 0 aliphatic carbocycles. The molecule has 0 bridgehead atoms. The Labute approximate surface area is 72.8 Å². The molecule has 0 saturated carbocycles. The topological polar surface area (TPSA) is 64.1 Å². The lowest BCUT2D eigenvalue weighted by atomic mass is 10.2. The van der Waals surface area contributed by atoms with Crippen LogP contribution in [0.15, 0.2) is 24.3 Å². The van der Waals surface area contributed by atoms with Crippen LogP contribution in [0.3, 0.4) is 0 Å². The molecule has 0 radical (unpaired) electrons. The highest BCUT2D eigenvalue weighted by molar-refractivity contribution is 5.54. The average molecular weight is 165 g/mol. The first kappa shape index (κ1) is 8.87. The van der Waals surface area contributed by atoms with Crippen LogP contribution < -0.4 is 16.8 Å². The molecule has 0 aliphatic heterocycles. The van der Waals surface area contributed by atoms with E-state index in [-0.39, 0.29) is 6.04 Å². The molecule has 0 heterocycles.